The summed E-state index contributed by atoms with van der Waals surface area (Å²) in [7, 11) is 1.65. The summed E-state index contributed by atoms with van der Waals surface area (Å²) in [6, 6.07) is 29.5. The van der Waals surface area contributed by atoms with Gasteiger partial charge >= 0.3 is 12.1 Å². The second kappa shape index (κ2) is 16.2. The number of nitrogens with one attached hydrogen (secondary N) is 2. The van der Waals surface area contributed by atoms with Gasteiger partial charge in [0.1, 0.15) is 5.84 Å². The Morgan fingerprint density at radius 1 is 0.855 bits per heavy atom. The van der Waals surface area contributed by atoms with Crippen molar-refractivity contribution in [1.29, 1.82) is 5.41 Å². The molecule has 2 unspecified atom stereocenters. The van der Waals surface area contributed by atoms with Gasteiger partial charge in [-0.05, 0) is 123 Å². The SMILES string of the molecule is CN(C(=O)c1ccc2c(c1)=CCc1c3c(ccc1=2)=C(C(OC(=O)C(F)(F)F)(C(N)=O)C1Nc2ccccc2CN(C=Cc2ccccc2)C1=O)CCC3)c1ccc(C(=N)N)cc1. The zero-order valence-electron chi connectivity index (χ0n) is 33.5. The Hall–Kier alpha value is -7.48. The van der Waals surface area contributed by atoms with Crippen molar-refractivity contribution >= 4 is 58.6 Å². The van der Waals surface area contributed by atoms with Gasteiger partial charge in [-0.15, -0.1) is 0 Å². The summed E-state index contributed by atoms with van der Waals surface area (Å²) in [5.74, 6) is -5.30. The van der Waals surface area contributed by atoms with E-state index in [1.807, 2.05) is 42.5 Å². The first-order valence-electron chi connectivity index (χ1n) is 19.9. The molecule has 5 aromatic rings. The minimum absolute atomic E-state index is 0.0103. The molecule has 3 amide bonds. The van der Waals surface area contributed by atoms with Gasteiger partial charge in [0.2, 0.25) is 5.60 Å². The molecule has 0 saturated heterocycles. The molecule has 1 aliphatic heterocycles. The van der Waals surface area contributed by atoms with Gasteiger partial charge < -0.3 is 31.3 Å². The maximum atomic E-state index is 14.9. The van der Waals surface area contributed by atoms with E-state index in [0.29, 0.717) is 52.5 Å². The Balaban J connectivity index is 1.28. The number of para-hydroxylation sites is 1. The van der Waals surface area contributed by atoms with Gasteiger partial charge in [0, 0.05) is 35.7 Å². The van der Waals surface area contributed by atoms with E-state index in [9.17, 15) is 32.3 Å². The molecule has 8 rings (SSSR count). The highest BCUT2D eigenvalue weighted by molar-refractivity contribution is 6.07. The molecule has 3 aliphatic rings. The van der Waals surface area contributed by atoms with Crippen molar-refractivity contribution in [2.45, 2.75) is 50.0 Å². The van der Waals surface area contributed by atoms with Gasteiger partial charge in [-0.2, -0.15) is 13.2 Å². The minimum Gasteiger partial charge on any atom is -0.435 e. The molecule has 5 aromatic carbocycles. The summed E-state index contributed by atoms with van der Waals surface area (Å²) >= 11 is 0. The lowest BCUT2D eigenvalue weighted by molar-refractivity contribution is -0.211. The van der Waals surface area contributed by atoms with Crippen molar-refractivity contribution in [3.8, 4) is 0 Å². The van der Waals surface area contributed by atoms with Crippen molar-refractivity contribution < 1.29 is 37.1 Å². The highest BCUT2D eigenvalue weighted by Crippen LogP contribution is 2.40. The molecule has 0 saturated carbocycles. The number of carbonyl (C=O) groups excluding carboxylic acids is 4. The summed E-state index contributed by atoms with van der Waals surface area (Å²) in [5, 5.41) is 13.5. The molecule has 0 fully saturated rings. The number of amides is 3. The summed E-state index contributed by atoms with van der Waals surface area (Å²) < 4.78 is 48.3. The number of amidine groups is 1. The molecule has 2 atom stereocenters. The predicted molar refractivity (Wildman–Crippen MR) is 228 cm³/mol. The van der Waals surface area contributed by atoms with E-state index in [1.54, 1.807) is 85.9 Å². The van der Waals surface area contributed by atoms with Crippen molar-refractivity contribution in [2.24, 2.45) is 11.5 Å². The highest BCUT2D eigenvalue weighted by Gasteiger charge is 2.59. The number of halogens is 3. The molecule has 6 N–H and O–H groups in total. The fraction of sp³-hybridized carbons (Fsp3) is 0.188. The van der Waals surface area contributed by atoms with Gasteiger partial charge in [-0.25, -0.2) is 4.79 Å². The number of ether oxygens (including phenoxy) is 1. The minimum atomic E-state index is -5.54. The van der Waals surface area contributed by atoms with E-state index in [2.05, 4.69) is 5.32 Å². The number of nitrogens with zero attached hydrogens (tertiary/aromatic N) is 2. The topological polar surface area (TPSA) is 172 Å². The molecule has 62 heavy (non-hydrogen) atoms. The number of benzene rings is 5. The predicted octanol–water partition coefficient (Wildman–Crippen LogP) is 5.18. The van der Waals surface area contributed by atoms with Crippen molar-refractivity contribution in [3.05, 3.63) is 170 Å². The zero-order valence-corrected chi connectivity index (χ0v) is 33.5. The average molecular weight is 839 g/mol. The Morgan fingerprint density at radius 3 is 2.24 bits per heavy atom. The Kier molecular flexibility index (Phi) is 10.8. The van der Waals surface area contributed by atoms with Crippen molar-refractivity contribution in [3.63, 3.8) is 0 Å². The lowest BCUT2D eigenvalue weighted by Gasteiger charge is -2.41. The van der Waals surface area contributed by atoms with Crippen LogP contribution in [0.15, 0.2) is 115 Å². The van der Waals surface area contributed by atoms with Crippen LogP contribution in [0.25, 0.3) is 17.7 Å². The molecular formula is C48H41F3N6O5. The Morgan fingerprint density at radius 2 is 1.53 bits per heavy atom. The smallest absolute Gasteiger partial charge is 0.435 e. The Bertz CT molecular complexity index is 2940. The molecule has 1 heterocycles. The molecule has 2 aliphatic carbocycles. The average Bonchev–Trinajstić information content (AvgIpc) is 3.41. The van der Waals surface area contributed by atoms with Crippen LogP contribution in [0, 0.1) is 15.8 Å². The maximum Gasteiger partial charge on any atom is 0.490 e. The number of hydrogen-bond acceptors (Lipinski definition) is 7. The normalized spacial score (nSPS) is 16.6. The van der Waals surface area contributed by atoms with Crippen molar-refractivity contribution in [1.82, 2.24) is 4.90 Å². The number of primary amides is 1. The van der Waals surface area contributed by atoms with E-state index in [-0.39, 0.29) is 30.3 Å². The van der Waals surface area contributed by atoms with Crippen molar-refractivity contribution in [2.75, 3.05) is 17.3 Å². The van der Waals surface area contributed by atoms with Crippen LogP contribution in [0.4, 0.5) is 24.5 Å². The number of nitrogens with two attached hydrogens (primary N) is 2. The number of fused-ring (bicyclic) bond motifs is 5. The second-order valence-electron chi connectivity index (χ2n) is 15.4. The number of nitrogen functional groups attached to an aromatic ring is 1. The number of esters is 1. The molecule has 0 spiro atoms. The van der Waals surface area contributed by atoms with Crippen LogP contribution in [0.2, 0.25) is 0 Å². The first kappa shape index (κ1) is 41.3. The van der Waals surface area contributed by atoms with Crippen LogP contribution < -0.4 is 32.1 Å². The van der Waals surface area contributed by atoms with E-state index in [1.165, 1.54) is 16.0 Å². The van der Waals surface area contributed by atoms with E-state index in [4.69, 9.17) is 21.6 Å². The van der Waals surface area contributed by atoms with Crippen LogP contribution >= 0.6 is 0 Å². The first-order valence-corrected chi connectivity index (χ1v) is 19.9. The fourth-order valence-electron chi connectivity index (χ4n) is 8.63. The van der Waals surface area contributed by atoms with Gasteiger partial charge in [-0.3, -0.25) is 19.8 Å². The molecular weight excluding hydrogens is 798 g/mol. The largest absolute Gasteiger partial charge is 0.490 e. The van der Waals surface area contributed by atoms with Crippen LogP contribution in [0.3, 0.4) is 0 Å². The molecule has 14 heteroatoms. The molecule has 0 radical (unpaired) electrons. The highest BCUT2D eigenvalue weighted by atomic mass is 19.4. The standard InChI is InChI=1S/C48H41F3N6O5/c1-56(33-18-14-29(15-19-33)42(52)53)43(58)31-17-20-34-30(26-31)16-21-37-35-11-7-12-39(38(35)23-22-36(34)37)47(45(54)60,62-46(61)48(49,50)51)41-44(59)57(25-24-28-8-3-2-4-9-28)27-32-10-5-6-13-40(32)55-41/h2-6,8-10,13-20,22-26,41,55H,7,11-12,21,27H2,1H3,(H3,52,53)(H2,54,60). The summed E-state index contributed by atoms with van der Waals surface area (Å²) in [6.45, 7) is -0.0175. The lowest BCUT2D eigenvalue weighted by Crippen LogP contribution is -2.65. The Labute approximate surface area is 353 Å². The van der Waals surface area contributed by atoms with Gasteiger partial charge in [0.25, 0.3) is 17.7 Å². The van der Waals surface area contributed by atoms with Crippen LogP contribution in [-0.2, 0) is 38.5 Å². The number of anilines is 2. The molecule has 0 bridgehead atoms. The molecule has 0 aromatic heterocycles. The van der Waals surface area contributed by atoms with Crippen LogP contribution in [-0.4, -0.2) is 59.3 Å². The molecule has 11 nitrogen and oxygen atoms in total. The first-order chi connectivity index (χ1) is 29.7. The van der Waals surface area contributed by atoms with Crippen LogP contribution in [0.1, 0.15) is 51.0 Å². The van der Waals surface area contributed by atoms with Gasteiger partial charge in [0.05, 0.1) is 6.54 Å². The van der Waals surface area contributed by atoms with E-state index < -0.39 is 35.6 Å². The molecule has 314 valence electrons. The summed E-state index contributed by atoms with van der Waals surface area (Å²) in [4.78, 5) is 58.4. The van der Waals surface area contributed by atoms with E-state index >= 15 is 0 Å². The monoisotopic (exact) mass is 838 g/mol. The van der Waals surface area contributed by atoms with Crippen LogP contribution in [0.5, 0.6) is 0 Å². The van der Waals surface area contributed by atoms with Gasteiger partial charge in [0.15, 0.2) is 6.04 Å². The number of carbonyl (C=O) groups is 4. The third-order valence-electron chi connectivity index (χ3n) is 11.7. The third kappa shape index (κ3) is 7.48. The fourth-order valence-corrected chi connectivity index (χ4v) is 8.63. The van der Waals surface area contributed by atoms with E-state index in [0.717, 1.165) is 32.3 Å². The summed E-state index contributed by atoms with van der Waals surface area (Å²) in [5.41, 5.74) is 13.6. The lowest BCUT2D eigenvalue weighted by atomic mass is 9.75. The number of rotatable bonds is 9. The quantitative estimate of drug-likeness (QED) is 0.0900. The second-order valence-corrected chi connectivity index (χ2v) is 15.4. The zero-order chi connectivity index (χ0) is 43.9. The van der Waals surface area contributed by atoms with Gasteiger partial charge in [-0.1, -0.05) is 72.8 Å². The summed E-state index contributed by atoms with van der Waals surface area (Å²) in [6.07, 6.45) is 0.733. The number of hydrogen-bond donors (Lipinski definition) is 4. The maximum absolute atomic E-state index is 14.9. The number of alkyl halides is 3. The third-order valence-corrected chi connectivity index (χ3v) is 11.7.